The van der Waals surface area contributed by atoms with Crippen molar-refractivity contribution in [2.24, 2.45) is 0 Å². The van der Waals surface area contributed by atoms with Gasteiger partial charge in [-0.3, -0.25) is 0 Å². The molecule has 0 saturated heterocycles. The lowest BCUT2D eigenvalue weighted by Gasteiger charge is -2.24. The minimum Gasteiger partial charge on any atom is -0.476 e. The average Bonchev–Trinajstić information content (AvgIpc) is 2.50. The molecule has 88 valence electrons. The second kappa shape index (κ2) is 3.55. The number of carboxylic acids is 1. The largest absolute Gasteiger partial charge is 0.476 e. The first-order chi connectivity index (χ1) is 8.16. The quantitative estimate of drug-likeness (QED) is 0.858. The standard InChI is InChI=1S/C12H13N3O2/c1-7-11(12(16)17)15-10(13-7)6-5-9(14-15)8-3-2-4-8/h5-6,8H,2-4H2,1H3,(H,16,17). The predicted octanol–water partition coefficient (Wildman–Crippen LogP) is 2.00. The monoisotopic (exact) mass is 231 g/mol. The number of fused-ring (bicyclic) bond motifs is 1. The summed E-state index contributed by atoms with van der Waals surface area (Å²) in [7, 11) is 0. The van der Waals surface area contributed by atoms with Crippen molar-refractivity contribution in [2.45, 2.75) is 32.1 Å². The van der Waals surface area contributed by atoms with Gasteiger partial charge in [-0.15, -0.1) is 0 Å². The summed E-state index contributed by atoms with van der Waals surface area (Å²) in [5, 5.41) is 13.6. The van der Waals surface area contributed by atoms with E-state index in [-0.39, 0.29) is 5.69 Å². The number of carboxylic acid groups (broad SMARTS) is 1. The normalized spacial score (nSPS) is 16.1. The maximum atomic E-state index is 11.2. The zero-order valence-electron chi connectivity index (χ0n) is 9.55. The molecule has 5 nitrogen and oxygen atoms in total. The van der Waals surface area contributed by atoms with E-state index in [1.807, 2.05) is 12.1 Å². The van der Waals surface area contributed by atoms with E-state index < -0.39 is 5.97 Å². The zero-order chi connectivity index (χ0) is 12.0. The molecule has 3 rings (SSSR count). The highest BCUT2D eigenvalue weighted by molar-refractivity contribution is 5.88. The average molecular weight is 231 g/mol. The maximum Gasteiger partial charge on any atom is 0.356 e. The molecular weight excluding hydrogens is 218 g/mol. The highest BCUT2D eigenvalue weighted by Gasteiger charge is 2.23. The van der Waals surface area contributed by atoms with Crippen molar-refractivity contribution in [3.63, 3.8) is 0 Å². The van der Waals surface area contributed by atoms with Crippen molar-refractivity contribution in [3.8, 4) is 0 Å². The Kier molecular flexibility index (Phi) is 2.14. The second-order valence-corrected chi connectivity index (χ2v) is 4.51. The second-order valence-electron chi connectivity index (χ2n) is 4.51. The molecule has 0 aromatic carbocycles. The molecule has 1 saturated carbocycles. The van der Waals surface area contributed by atoms with Crippen LogP contribution in [0.3, 0.4) is 0 Å². The molecule has 1 fully saturated rings. The van der Waals surface area contributed by atoms with Crippen molar-refractivity contribution in [1.82, 2.24) is 14.6 Å². The summed E-state index contributed by atoms with van der Waals surface area (Å²) >= 11 is 0. The first-order valence-electron chi connectivity index (χ1n) is 5.76. The Hall–Kier alpha value is -1.91. The Morgan fingerprint density at radius 2 is 2.24 bits per heavy atom. The molecule has 1 N–H and O–H groups in total. The third-order valence-corrected chi connectivity index (χ3v) is 3.40. The number of nitrogens with zero attached hydrogens (tertiary/aromatic N) is 3. The number of imidazole rings is 1. The molecule has 0 unspecified atom stereocenters. The number of rotatable bonds is 2. The summed E-state index contributed by atoms with van der Waals surface area (Å²) in [6, 6.07) is 3.80. The molecule has 0 amide bonds. The summed E-state index contributed by atoms with van der Waals surface area (Å²) in [6.07, 6.45) is 3.53. The van der Waals surface area contributed by atoms with Crippen LogP contribution in [0.1, 0.15) is 47.1 Å². The maximum absolute atomic E-state index is 11.2. The van der Waals surface area contributed by atoms with Crippen LogP contribution in [0, 0.1) is 6.92 Å². The van der Waals surface area contributed by atoms with Gasteiger partial charge in [0.1, 0.15) is 0 Å². The summed E-state index contributed by atoms with van der Waals surface area (Å²) < 4.78 is 1.45. The van der Waals surface area contributed by atoms with Crippen molar-refractivity contribution in [3.05, 3.63) is 29.2 Å². The summed E-state index contributed by atoms with van der Waals surface area (Å²) in [5.41, 5.74) is 2.25. The van der Waals surface area contributed by atoms with E-state index >= 15 is 0 Å². The van der Waals surface area contributed by atoms with Gasteiger partial charge in [0.25, 0.3) is 0 Å². The molecule has 0 radical (unpaired) electrons. The molecule has 0 aliphatic heterocycles. The molecule has 2 heterocycles. The minimum absolute atomic E-state index is 0.168. The summed E-state index contributed by atoms with van der Waals surface area (Å²) in [5.74, 6) is -0.489. The lowest BCUT2D eigenvalue weighted by molar-refractivity contribution is 0.0687. The minimum atomic E-state index is -0.978. The lowest BCUT2D eigenvalue weighted by Crippen LogP contribution is -2.14. The fraction of sp³-hybridized carbons (Fsp3) is 0.417. The fourth-order valence-corrected chi connectivity index (χ4v) is 2.22. The van der Waals surface area contributed by atoms with Gasteiger partial charge in [0.2, 0.25) is 0 Å². The van der Waals surface area contributed by atoms with Gasteiger partial charge in [-0.2, -0.15) is 5.10 Å². The van der Waals surface area contributed by atoms with Crippen molar-refractivity contribution in [1.29, 1.82) is 0 Å². The lowest BCUT2D eigenvalue weighted by atomic mass is 9.83. The van der Waals surface area contributed by atoms with Crippen LogP contribution in [0.15, 0.2) is 12.1 Å². The molecule has 1 aliphatic carbocycles. The SMILES string of the molecule is Cc1nc2ccc(C3CCC3)nn2c1C(=O)O. The van der Waals surface area contributed by atoms with Crippen LogP contribution in [0.4, 0.5) is 0 Å². The number of aromatic nitrogens is 3. The van der Waals surface area contributed by atoms with Gasteiger partial charge in [0.15, 0.2) is 11.3 Å². The number of carbonyl (C=O) groups is 1. The van der Waals surface area contributed by atoms with Gasteiger partial charge >= 0.3 is 5.97 Å². The third kappa shape index (κ3) is 1.50. The zero-order valence-corrected chi connectivity index (χ0v) is 9.55. The van der Waals surface area contributed by atoms with Crippen LogP contribution in [0.5, 0.6) is 0 Å². The Balaban J connectivity index is 2.18. The number of aromatic carboxylic acids is 1. The Morgan fingerprint density at radius 1 is 1.47 bits per heavy atom. The topological polar surface area (TPSA) is 67.5 Å². The van der Waals surface area contributed by atoms with Crippen LogP contribution in [-0.4, -0.2) is 25.7 Å². The van der Waals surface area contributed by atoms with Gasteiger partial charge in [-0.05, 0) is 31.9 Å². The molecule has 5 heteroatoms. The molecule has 17 heavy (non-hydrogen) atoms. The molecule has 2 aromatic heterocycles. The molecule has 0 spiro atoms. The Labute approximate surface area is 98.1 Å². The van der Waals surface area contributed by atoms with Gasteiger partial charge in [0.05, 0.1) is 11.4 Å². The Morgan fingerprint density at radius 3 is 2.82 bits per heavy atom. The van der Waals surface area contributed by atoms with E-state index in [1.54, 1.807) is 6.92 Å². The summed E-state index contributed by atoms with van der Waals surface area (Å²) in [6.45, 7) is 1.70. The number of hydrogen-bond donors (Lipinski definition) is 1. The predicted molar refractivity (Wildman–Crippen MR) is 61.3 cm³/mol. The van der Waals surface area contributed by atoms with Gasteiger partial charge in [0, 0.05) is 5.92 Å². The molecular formula is C12H13N3O2. The molecule has 1 aliphatic rings. The van der Waals surface area contributed by atoms with E-state index in [2.05, 4.69) is 10.1 Å². The van der Waals surface area contributed by atoms with E-state index in [4.69, 9.17) is 5.11 Å². The smallest absolute Gasteiger partial charge is 0.356 e. The highest BCUT2D eigenvalue weighted by atomic mass is 16.4. The number of hydrogen-bond acceptors (Lipinski definition) is 3. The van der Waals surface area contributed by atoms with Crippen LogP contribution in [0.2, 0.25) is 0 Å². The van der Waals surface area contributed by atoms with Crippen LogP contribution < -0.4 is 0 Å². The van der Waals surface area contributed by atoms with E-state index in [0.717, 1.165) is 18.5 Å². The first-order valence-corrected chi connectivity index (χ1v) is 5.76. The number of aryl methyl sites for hydroxylation is 1. The molecule has 0 atom stereocenters. The van der Waals surface area contributed by atoms with Crippen molar-refractivity contribution < 1.29 is 9.90 Å². The summed E-state index contributed by atoms with van der Waals surface area (Å²) in [4.78, 5) is 15.4. The highest BCUT2D eigenvalue weighted by Crippen LogP contribution is 2.35. The molecule has 2 aromatic rings. The molecule has 0 bridgehead atoms. The van der Waals surface area contributed by atoms with Crippen LogP contribution in [0.25, 0.3) is 5.65 Å². The van der Waals surface area contributed by atoms with E-state index in [0.29, 0.717) is 17.3 Å². The van der Waals surface area contributed by atoms with Crippen LogP contribution in [-0.2, 0) is 0 Å². The van der Waals surface area contributed by atoms with Gasteiger partial charge in [-0.1, -0.05) is 6.42 Å². The fourth-order valence-electron chi connectivity index (χ4n) is 2.22. The van der Waals surface area contributed by atoms with Gasteiger partial charge < -0.3 is 5.11 Å². The third-order valence-electron chi connectivity index (χ3n) is 3.40. The Bertz CT molecular complexity index is 599. The van der Waals surface area contributed by atoms with E-state index in [9.17, 15) is 4.79 Å². The first kappa shape index (κ1) is 10.3. The van der Waals surface area contributed by atoms with Crippen molar-refractivity contribution in [2.75, 3.05) is 0 Å². The van der Waals surface area contributed by atoms with Crippen molar-refractivity contribution >= 4 is 11.6 Å². The van der Waals surface area contributed by atoms with E-state index in [1.165, 1.54) is 10.9 Å². The van der Waals surface area contributed by atoms with Crippen LogP contribution >= 0.6 is 0 Å². The van der Waals surface area contributed by atoms with Gasteiger partial charge in [-0.25, -0.2) is 14.3 Å².